The topological polar surface area (TPSA) is 47.3 Å². The number of hydrogen-bond acceptors (Lipinski definition) is 3. The van der Waals surface area contributed by atoms with Crippen molar-refractivity contribution in [3.63, 3.8) is 0 Å². The molecule has 21 heavy (non-hydrogen) atoms. The zero-order chi connectivity index (χ0) is 15.5. The van der Waals surface area contributed by atoms with Crippen LogP contribution in [0.2, 0.25) is 0 Å². The van der Waals surface area contributed by atoms with E-state index in [2.05, 4.69) is 17.0 Å². The van der Waals surface area contributed by atoms with Gasteiger partial charge in [-0.15, -0.1) is 13.2 Å². The number of benzene rings is 1. The van der Waals surface area contributed by atoms with Gasteiger partial charge in [0.25, 0.3) is 0 Å². The number of hydrogen-bond donors (Lipinski definition) is 2. The Hall–Kier alpha value is -1.27. The monoisotopic (exact) mass is 302 g/mol. The average Bonchev–Trinajstić information content (AvgIpc) is 3.23. The molecule has 0 saturated heterocycles. The summed E-state index contributed by atoms with van der Waals surface area (Å²) in [6.07, 6.45) is -2.08. The maximum Gasteiger partial charge on any atom is 0.573 e. The molecule has 3 N–H and O–H groups in total. The molecule has 0 spiro atoms. The average molecular weight is 302 g/mol. The quantitative estimate of drug-likeness (QED) is 0.813. The highest BCUT2D eigenvalue weighted by atomic mass is 19.4. The van der Waals surface area contributed by atoms with Crippen LogP contribution < -0.4 is 15.8 Å². The summed E-state index contributed by atoms with van der Waals surface area (Å²) in [6, 6.07) is 5.82. The van der Waals surface area contributed by atoms with Crippen molar-refractivity contribution in [1.29, 1.82) is 0 Å². The van der Waals surface area contributed by atoms with Gasteiger partial charge in [-0.3, -0.25) is 0 Å². The summed E-state index contributed by atoms with van der Waals surface area (Å²) in [7, 11) is 0. The summed E-state index contributed by atoms with van der Waals surface area (Å²) in [5.74, 6) is 1.19. The molecule has 1 aromatic carbocycles. The fraction of sp³-hybridized carbons (Fsp3) is 0.600. The smallest absolute Gasteiger partial charge is 0.406 e. The van der Waals surface area contributed by atoms with Crippen LogP contribution in [-0.4, -0.2) is 19.5 Å². The summed E-state index contributed by atoms with van der Waals surface area (Å²) in [4.78, 5) is 0. The molecule has 1 aliphatic rings. The van der Waals surface area contributed by atoms with Crippen LogP contribution in [0.3, 0.4) is 0 Å². The Bertz CT molecular complexity index is 443. The zero-order valence-electron chi connectivity index (χ0n) is 12.0. The highest BCUT2D eigenvalue weighted by molar-refractivity contribution is 5.29. The molecule has 0 bridgehead atoms. The summed E-state index contributed by atoms with van der Waals surface area (Å²) in [5, 5.41) is 3.39. The van der Waals surface area contributed by atoms with Crippen LogP contribution in [0.4, 0.5) is 13.2 Å². The van der Waals surface area contributed by atoms with Gasteiger partial charge in [0.1, 0.15) is 5.75 Å². The lowest BCUT2D eigenvalue weighted by Gasteiger charge is -2.20. The fourth-order valence-corrected chi connectivity index (χ4v) is 2.40. The van der Waals surface area contributed by atoms with Gasteiger partial charge in [-0.1, -0.05) is 19.1 Å². The van der Waals surface area contributed by atoms with E-state index in [4.69, 9.17) is 5.73 Å². The number of halogens is 3. The zero-order valence-corrected chi connectivity index (χ0v) is 12.0. The predicted octanol–water partition coefficient (Wildman–Crippen LogP) is 3.22. The fourth-order valence-electron chi connectivity index (χ4n) is 2.40. The van der Waals surface area contributed by atoms with Crippen LogP contribution in [0.1, 0.15) is 31.4 Å². The van der Waals surface area contributed by atoms with E-state index in [0.717, 1.165) is 18.0 Å². The molecule has 1 aromatic rings. The number of ether oxygens (including phenoxy) is 1. The third-order valence-electron chi connectivity index (χ3n) is 3.86. The van der Waals surface area contributed by atoms with Gasteiger partial charge in [0, 0.05) is 12.6 Å². The van der Waals surface area contributed by atoms with E-state index < -0.39 is 6.36 Å². The molecule has 6 heteroatoms. The van der Waals surface area contributed by atoms with Crippen molar-refractivity contribution >= 4 is 0 Å². The molecule has 1 saturated carbocycles. The number of nitrogens with two attached hydrogens (primary N) is 1. The number of alkyl halides is 3. The molecule has 0 amide bonds. The molecule has 2 rings (SSSR count). The van der Waals surface area contributed by atoms with Crippen LogP contribution in [-0.2, 0) is 0 Å². The van der Waals surface area contributed by atoms with Crippen molar-refractivity contribution in [3.8, 4) is 5.75 Å². The molecular formula is C15H21F3N2O. The minimum Gasteiger partial charge on any atom is -0.406 e. The Kier molecular flexibility index (Phi) is 5.11. The Morgan fingerprint density at radius 2 is 1.90 bits per heavy atom. The summed E-state index contributed by atoms with van der Waals surface area (Å²) in [6.45, 7) is 3.47. The SMILES string of the molecule is CC(CNC(CN)c1ccc(OC(F)(F)F)cc1)C1CC1. The lowest BCUT2D eigenvalue weighted by molar-refractivity contribution is -0.274. The highest BCUT2D eigenvalue weighted by Crippen LogP contribution is 2.36. The molecule has 0 aliphatic heterocycles. The first-order chi connectivity index (χ1) is 9.89. The number of rotatable bonds is 7. The van der Waals surface area contributed by atoms with Crippen molar-refractivity contribution < 1.29 is 17.9 Å². The van der Waals surface area contributed by atoms with Gasteiger partial charge in [-0.2, -0.15) is 0 Å². The Labute approximate surface area is 122 Å². The van der Waals surface area contributed by atoms with Gasteiger partial charge >= 0.3 is 6.36 Å². The van der Waals surface area contributed by atoms with Crippen LogP contribution in [0, 0.1) is 11.8 Å². The first kappa shape index (κ1) is 16.1. The van der Waals surface area contributed by atoms with E-state index in [1.54, 1.807) is 12.1 Å². The second-order valence-electron chi connectivity index (χ2n) is 5.63. The molecule has 2 unspecified atom stereocenters. The molecule has 2 atom stereocenters. The van der Waals surface area contributed by atoms with Gasteiger partial charge in [-0.25, -0.2) is 0 Å². The minimum atomic E-state index is -4.66. The van der Waals surface area contributed by atoms with E-state index in [-0.39, 0.29) is 11.8 Å². The Morgan fingerprint density at radius 1 is 1.29 bits per heavy atom. The van der Waals surface area contributed by atoms with E-state index in [0.29, 0.717) is 12.5 Å². The van der Waals surface area contributed by atoms with E-state index in [1.807, 2.05) is 0 Å². The van der Waals surface area contributed by atoms with E-state index in [9.17, 15) is 13.2 Å². The minimum absolute atomic E-state index is 0.0499. The predicted molar refractivity (Wildman–Crippen MR) is 74.8 cm³/mol. The molecule has 118 valence electrons. The van der Waals surface area contributed by atoms with E-state index in [1.165, 1.54) is 25.0 Å². The van der Waals surface area contributed by atoms with Gasteiger partial charge in [0.05, 0.1) is 0 Å². The second kappa shape index (κ2) is 6.66. The van der Waals surface area contributed by atoms with Crippen LogP contribution in [0.25, 0.3) is 0 Å². The maximum absolute atomic E-state index is 12.1. The van der Waals surface area contributed by atoms with Crippen LogP contribution in [0.5, 0.6) is 5.75 Å². The van der Waals surface area contributed by atoms with E-state index >= 15 is 0 Å². The molecular weight excluding hydrogens is 281 g/mol. The van der Waals surface area contributed by atoms with Crippen molar-refractivity contribution in [3.05, 3.63) is 29.8 Å². The third-order valence-corrected chi connectivity index (χ3v) is 3.86. The summed E-state index contributed by atoms with van der Waals surface area (Å²) < 4.78 is 40.2. The first-order valence-electron chi connectivity index (χ1n) is 7.18. The maximum atomic E-state index is 12.1. The summed E-state index contributed by atoms with van der Waals surface area (Å²) in [5.41, 5.74) is 6.62. The van der Waals surface area contributed by atoms with Gasteiger partial charge < -0.3 is 15.8 Å². The van der Waals surface area contributed by atoms with Crippen molar-refractivity contribution in [1.82, 2.24) is 5.32 Å². The lowest BCUT2D eigenvalue weighted by atomic mass is 10.0. The van der Waals surface area contributed by atoms with Crippen LogP contribution in [0.15, 0.2) is 24.3 Å². The Morgan fingerprint density at radius 3 is 2.38 bits per heavy atom. The molecule has 3 nitrogen and oxygen atoms in total. The number of nitrogens with one attached hydrogen (secondary N) is 1. The molecule has 1 aliphatic carbocycles. The first-order valence-corrected chi connectivity index (χ1v) is 7.18. The highest BCUT2D eigenvalue weighted by Gasteiger charge is 2.31. The molecule has 0 heterocycles. The largest absolute Gasteiger partial charge is 0.573 e. The third kappa shape index (κ3) is 5.21. The van der Waals surface area contributed by atoms with Gasteiger partial charge in [-0.05, 0) is 48.9 Å². The van der Waals surface area contributed by atoms with Gasteiger partial charge in [0.15, 0.2) is 0 Å². The normalized spacial score (nSPS) is 18.3. The summed E-state index contributed by atoms with van der Waals surface area (Å²) >= 11 is 0. The Balaban J connectivity index is 1.91. The van der Waals surface area contributed by atoms with Crippen LogP contribution >= 0.6 is 0 Å². The lowest BCUT2D eigenvalue weighted by Crippen LogP contribution is -2.32. The standard InChI is InChI=1S/C15H21F3N2O/c1-10(11-2-3-11)9-20-14(8-19)12-4-6-13(7-5-12)21-15(16,17)18/h4-7,10-11,14,20H,2-3,8-9,19H2,1H3. The molecule has 0 aromatic heterocycles. The van der Waals surface area contributed by atoms with Crippen molar-refractivity contribution in [2.45, 2.75) is 32.2 Å². The van der Waals surface area contributed by atoms with Gasteiger partial charge in [0.2, 0.25) is 0 Å². The molecule has 1 fully saturated rings. The van der Waals surface area contributed by atoms with Crippen molar-refractivity contribution in [2.75, 3.05) is 13.1 Å². The second-order valence-corrected chi connectivity index (χ2v) is 5.63. The van der Waals surface area contributed by atoms with Crippen molar-refractivity contribution in [2.24, 2.45) is 17.6 Å². The molecule has 0 radical (unpaired) electrons.